The number of hydrogen-bond donors (Lipinski definition) is 3. The predicted molar refractivity (Wildman–Crippen MR) is 71.8 cm³/mol. The molecule has 0 saturated heterocycles. The highest BCUT2D eigenvalue weighted by Gasteiger charge is 2.12. The van der Waals surface area contributed by atoms with Gasteiger partial charge in [-0.05, 0) is 23.8 Å². The molecule has 1 aromatic rings. The topological polar surface area (TPSA) is 86.6 Å². The first-order valence-corrected chi connectivity index (χ1v) is 5.99. The third-order valence-corrected chi connectivity index (χ3v) is 2.51. The first-order chi connectivity index (χ1) is 8.99. The van der Waals surface area contributed by atoms with Crippen LogP contribution in [0.5, 0.6) is 0 Å². The molecule has 0 aliphatic carbocycles. The Kier molecular flexibility index (Phi) is 6.05. The number of aliphatic hydroxyl groups excluding tert-OH is 1. The third kappa shape index (κ3) is 6.03. The second-order valence-corrected chi connectivity index (χ2v) is 4.26. The second kappa shape index (κ2) is 7.56. The highest BCUT2D eigenvalue weighted by atomic mass is 35.5. The van der Waals surface area contributed by atoms with E-state index in [-0.39, 0.29) is 18.9 Å². The molecule has 1 rings (SSSR count). The van der Waals surface area contributed by atoms with Gasteiger partial charge < -0.3 is 15.5 Å². The van der Waals surface area contributed by atoms with Crippen molar-refractivity contribution in [3.63, 3.8) is 0 Å². The van der Waals surface area contributed by atoms with Gasteiger partial charge in [-0.15, -0.1) is 0 Å². The molecule has 0 aliphatic heterocycles. The molecule has 1 unspecified atom stereocenters. The SMILES string of the molecule is O=C(/C=C/c1cccc(Cl)c1)NCCC(O)C(=O)O. The number of carboxylic acid groups (broad SMARTS) is 1. The molecule has 5 nitrogen and oxygen atoms in total. The van der Waals surface area contributed by atoms with Crippen LogP contribution in [-0.4, -0.2) is 34.7 Å². The van der Waals surface area contributed by atoms with E-state index in [0.717, 1.165) is 5.56 Å². The van der Waals surface area contributed by atoms with E-state index in [9.17, 15) is 9.59 Å². The number of carbonyl (C=O) groups excluding carboxylic acids is 1. The molecule has 0 fully saturated rings. The monoisotopic (exact) mass is 283 g/mol. The summed E-state index contributed by atoms with van der Waals surface area (Å²) in [6, 6.07) is 7.00. The van der Waals surface area contributed by atoms with Crippen LogP contribution in [0.3, 0.4) is 0 Å². The molecule has 0 bridgehead atoms. The van der Waals surface area contributed by atoms with Gasteiger partial charge in [-0.2, -0.15) is 0 Å². The van der Waals surface area contributed by atoms with E-state index in [1.54, 1.807) is 30.3 Å². The number of carboxylic acids is 1. The zero-order chi connectivity index (χ0) is 14.3. The lowest BCUT2D eigenvalue weighted by molar-refractivity contribution is -0.147. The summed E-state index contributed by atoms with van der Waals surface area (Å²) in [4.78, 5) is 21.7. The quantitative estimate of drug-likeness (QED) is 0.687. The minimum Gasteiger partial charge on any atom is -0.479 e. The molecule has 0 radical (unpaired) electrons. The van der Waals surface area contributed by atoms with Crippen molar-refractivity contribution in [2.45, 2.75) is 12.5 Å². The number of aliphatic carboxylic acids is 1. The van der Waals surface area contributed by atoms with E-state index in [4.69, 9.17) is 21.8 Å². The maximum Gasteiger partial charge on any atom is 0.332 e. The first-order valence-electron chi connectivity index (χ1n) is 5.61. The first kappa shape index (κ1) is 15.2. The van der Waals surface area contributed by atoms with Crippen LogP contribution in [0, 0.1) is 0 Å². The molecular weight excluding hydrogens is 270 g/mol. The van der Waals surface area contributed by atoms with Crippen molar-refractivity contribution in [3.05, 3.63) is 40.9 Å². The lowest BCUT2D eigenvalue weighted by atomic mass is 10.2. The molecule has 1 atom stereocenters. The Morgan fingerprint density at radius 1 is 1.42 bits per heavy atom. The number of rotatable bonds is 6. The van der Waals surface area contributed by atoms with Crippen molar-refractivity contribution in [2.75, 3.05) is 6.54 Å². The molecule has 102 valence electrons. The summed E-state index contributed by atoms with van der Waals surface area (Å²) in [5, 5.41) is 20.5. The predicted octanol–water partition coefficient (Wildman–Crippen LogP) is 1.30. The number of hydrogen-bond acceptors (Lipinski definition) is 3. The van der Waals surface area contributed by atoms with Gasteiger partial charge in [0.25, 0.3) is 0 Å². The Bertz CT molecular complexity index is 487. The van der Waals surface area contributed by atoms with Crippen LogP contribution >= 0.6 is 11.6 Å². The molecule has 1 amide bonds. The Hall–Kier alpha value is -1.85. The van der Waals surface area contributed by atoms with Crippen molar-refractivity contribution in [3.8, 4) is 0 Å². The zero-order valence-electron chi connectivity index (χ0n) is 10.0. The lowest BCUT2D eigenvalue weighted by Crippen LogP contribution is -2.28. The summed E-state index contributed by atoms with van der Waals surface area (Å²) < 4.78 is 0. The maximum atomic E-state index is 11.4. The van der Waals surface area contributed by atoms with E-state index in [1.807, 2.05) is 0 Å². The van der Waals surface area contributed by atoms with Crippen molar-refractivity contribution >= 4 is 29.6 Å². The summed E-state index contributed by atoms with van der Waals surface area (Å²) in [6.45, 7) is 0.0895. The number of carbonyl (C=O) groups is 2. The van der Waals surface area contributed by atoms with Crippen molar-refractivity contribution < 1.29 is 19.8 Å². The Morgan fingerprint density at radius 2 is 2.16 bits per heavy atom. The van der Waals surface area contributed by atoms with Crippen LogP contribution < -0.4 is 5.32 Å². The van der Waals surface area contributed by atoms with Gasteiger partial charge in [-0.25, -0.2) is 4.79 Å². The summed E-state index contributed by atoms with van der Waals surface area (Å²) in [5.74, 6) is -1.67. The van der Waals surface area contributed by atoms with Crippen LogP contribution in [0.2, 0.25) is 5.02 Å². The van der Waals surface area contributed by atoms with Gasteiger partial charge in [-0.3, -0.25) is 4.79 Å². The summed E-state index contributed by atoms with van der Waals surface area (Å²) in [5.41, 5.74) is 0.785. The molecule has 19 heavy (non-hydrogen) atoms. The summed E-state index contributed by atoms with van der Waals surface area (Å²) in [6.07, 6.45) is 1.41. The highest BCUT2D eigenvalue weighted by Crippen LogP contribution is 2.11. The minimum absolute atomic E-state index is 0.0356. The maximum absolute atomic E-state index is 11.4. The van der Waals surface area contributed by atoms with E-state index in [2.05, 4.69) is 5.32 Å². The van der Waals surface area contributed by atoms with Gasteiger partial charge in [0, 0.05) is 24.1 Å². The molecule has 6 heteroatoms. The van der Waals surface area contributed by atoms with Gasteiger partial charge in [0.05, 0.1) is 0 Å². The smallest absolute Gasteiger partial charge is 0.332 e. The lowest BCUT2D eigenvalue weighted by Gasteiger charge is -2.05. The fourth-order valence-corrected chi connectivity index (χ4v) is 1.50. The third-order valence-electron chi connectivity index (χ3n) is 2.28. The molecule has 3 N–H and O–H groups in total. The second-order valence-electron chi connectivity index (χ2n) is 3.82. The largest absolute Gasteiger partial charge is 0.479 e. The van der Waals surface area contributed by atoms with Crippen LogP contribution in [0.1, 0.15) is 12.0 Å². The average molecular weight is 284 g/mol. The Balaban J connectivity index is 2.37. The Labute approximate surface area is 115 Å². The van der Waals surface area contributed by atoms with Gasteiger partial charge in [0.1, 0.15) is 0 Å². The number of aliphatic hydroxyl groups is 1. The van der Waals surface area contributed by atoms with E-state index < -0.39 is 12.1 Å². The highest BCUT2D eigenvalue weighted by molar-refractivity contribution is 6.30. The molecule has 0 aromatic heterocycles. The fourth-order valence-electron chi connectivity index (χ4n) is 1.30. The zero-order valence-corrected chi connectivity index (χ0v) is 10.8. The molecule has 0 aliphatic rings. The van der Waals surface area contributed by atoms with Crippen LogP contribution in [0.4, 0.5) is 0 Å². The van der Waals surface area contributed by atoms with Crippen LogP contribution in [-0.2, 0) is 9.59 Å². The summed E-state index contributed by atoms with van der Waals surface area (Å²) >= 11 is 5.79. The van der Waals surface area contributed by atoms with Crippen LogP contribution in [0.15, 0.2) is 30.3 Å². The number of nitrogens with one attached hydrogen (secondary N) is 1. The van der Waals surface area contributed by atoms with Gasteiger partial charge in [-0.1, -0.05) is 23.7 Å². The normalized spacial score (nSPS) is 12.3. The van der Waals surface area contributed by atoms with Crippen molar-refractivity contribution in [1.82, 2.24) is 5.32 Å². The molecule has 0 heterocycles. The van der Waals surface area contributed by atoms with Gasteiger partial charge >= 0.3 is 5.97 Å². The fraction of sp³-hybridized carbons (Fsp3) is 0.231. The van der Waals surface area contributed by atoms with E-state index >= 15 is 0 Å². The van der Waals surface area contributed by atoms with Gasteiger partial charge in [0.2, 0.25) is 5.91 Å². The molecular formula is C13H14ClNO4. The number of benzene rings is 1. The minimum atomic E-state index is -1.46. The van der Waals surface area contributed by atoms with Crippen LogP contribution in [0.25, 0.3) is 6.08 Å². The standard InChI is InChI=1S/C13H14ClNO4/c14-10-3-1-2-9(8-10)4-5-12(17)15-7-6-11(16)13(18)19/h1-5,8,11,16H,6-7H2,(H,15,17)(H,18,19)/b5-4+. The number of halogens is 1. The van der Waals surface area contributed by atoms with Crippen molar-refractivity contribution in [2.24, 2.45) is 0 Å². The molecule has 0 saturated carbocycles. The molecule has 1 aromatic carbocycles. The number of amides is 1. The van der Waals surface area contributed by atoms with E-state index in [1.165, 1.54) is 6.08 Å². The molecule has 0 spiro atoms. The van der Waals surface area contributed by atoms with Crippen molar-refractivity contribution in [1.29, 1.82) is 0 Å². The summed E-state index contributed by atoms with van der Waals surface area (Å²) in [7, 11) is 0. The van der Waals surface area contributed by atoms with E-state index in [0.29, 0.717) is 5.02 Å². The van der Waals surface area contributed by atoms with Gasteiger partial charge in [0.15, 0.2) is 6.10 Å². The average Bonchev–Trinajstić information content (AvgIpc) is 2.36. The Morgan fingerprint density at radius 3 is 2.79 bits per heavy atom.